The molecule has 0 aliphatic rings. The van der Waals surface area contributed by atoms with Crippen molar-refractivity contribution in [3.63, 3.8) is 0 Å². The Hall–Kier alpha value is -2.53. The van der Waals surface area contributed by atoms with Crippen LogP contribution in [0.1, 0.15) is 26.1 Å². The maximum absolute atomic E-state index is 12.7. The van der Waals surface area contributed by atoms with E-state index < -0.39 is 11.9 Å². The van der Waals surface area contributed by atoms with E-state index >= 15 is 0 Å². The largest absolute Gasteiger partial charge is 0.433 e. The summed E-state index contributed by atoms with van der Waals surface area (Å²) >= 11 is 2.07. The van der Waals surface area contributed by atoms with Gasteiger partial charge in [-0.3, -0.25) is 4.79 Å². The molecule has 2 heterocycles. The number of aromatic nitrogens is 4. The van der Waals surface area contributed by atoms with Crippen LogP contribution in [-0.4, -0.2) is 26.1 Å². The van der Waals surface area contributed by atoms with Gasteiger partial charge in [-0.05, 0) is 11.6 Å². The highest BCUT2D eigenvalue weighted by Crippen LogP contribution is 2.29. The fourth-order valence-electron chi connectivity index (χ4n) is 1.95. The smallest absolute Gasteiger partial charge is 0.346 e. The molecule has 0 unspecified atom stereocenters. The van der Waals surface area contributed by atoms with Gasteiger partial charge in [0.05, 0.1) is 5.75 Å². The number of carbonyl (C=O) groups is 1. The summed E-state index contributed by atoms with van der Waals surface area (Å²) in [6.45, 7) is 0.363. The average molecular weight is 411 g/mol. The van der Waals surface area contributed by atoms with Crippen molar-refractivity contribution in [3.05, 3.63) is 63.9 Å². The van der Waals surface area contributed by atoms with Gasteiger partial charge in [-0.1, -0.05) is 53.4 Å². The molecule has 0 radical (unpaired) electrons. The van der Waals surface area contributed by atoms with Crippen molar-refractivity contribution in [1.29, 1.82) is 0 Å². The molecule has 11 heteroatoms. The third kappa shape index (κ3) is 5.47. The highest BCUT2D eigenvalue weighted by molar-refractivity contribution is 7.98. The number of amides is 1. The van der Waals surface area contributed by atoms with Crippen molar-refractivity contribution >= 4 is 29.0 Å². The lowest BCUT2D eigenvalue weighted by atomic mass is 10.2. The number of hydrogen-bond donors (Lipinski definition) is 1. The predicted molar refractivity (Wildman–Crippen MR) is 94.1 cm³/mol. The Morgan fingerprint density at radius 3 is 2.67 bits per heavy atom. The summed E-state index contributed by atoms with van der Waals surface area (Å²) in [5.41, 5.74) is -0.0499. The molecule has 0 atom stereocenters. The third-order valence-corrected chi connectivity index (χ3v) is 5.18. The van der Waals surface area contributed by atoms with Crippen molar-refractivity contribution in [1.82, 2.24) is 25.5 Å². The van der Waals surface area contributed by atoms with Gasteiger partial charge in [0.2, 0.25) is 5.01 Å². The number of hydrogen-bond acceptors (Lipinski definition) is 7. The van der Waals surface area contributed by atoms with Crippen LogP contribution in [0, 0.1) is 0 Å². The standard InChI is InChI=1S/C16H12F3N5OS2/c17-16(18,19)11-6-7-20-15(22-11)26-9-12-23-24-14(27-12)13(25)21-8-10-4-2-1-3-5-10/h1-7H,8-9H2,(H,21,25). The lowest BCUT2D eigenvalue weighted by Crippen LogP contribution is -2.22. The average Bonchev–Trinajstić information content (AvgIpc) is 3.14. The van der Waals surface area contributed by atoms with E-state index in [0.717, 1.165) is 40.9 Å². The topological polar surface area (TPSA) is 80.7 Å². The summed E-state index contributed by atoms with van der Waals surface area (Å²) in [5, 5.41) is 11.1. The molecule has 1 aromatic carbocycles. The molecule has 6 nitrogen and oxygen atoms in total. The Balaban J connectivity index is 1.56. The van der Waals surface area contributed by atoms with Crippen LogP contribution < -0.4 is 5.32 Å². The van der Waals surface area contributed by atoms with Gasteiger partial charge in [-0.2, -0.15) is 13.2 Å². The van der Waals surface area contributed by atoms with Gasteiger partial charge in [0.25, 0.3) is 5.91 Å². The molecule has 1 N–H and O–H groups in total. The Morgan fingerprint density at radius 2 is 1.93 bits per heavy atom. The highest BCUT2D eigenvalue weighted by Gasteiger charge is 2.32. The SMILES string of the molecule is O=C(NCc1ccccc1)c1nnc(CSc2nccc(C(F)(F)F)n2)s1. The number of thioether (sulfide) groups is 1. The molecule has 1 amide bonds. The molecule has 3 rings (SSSR count). The van der Waals surface area contributed by atoms with Gasteiger partial charge in [0, 0.05) is 12.7 Å². The molecule has 0 fully saturated rings. The van der Waals surface area contributed by atoms with Gasteiger partial charge in [0.15, 0.2) is 5.16 Å². The van der Waals surface area contributed by atoms with Gasteiger partial charge in [-0.25, -0.2) is 9.97 Å². The summed E-state index contributed by atoms with van der Waals surface area (Å²) < 4.78 is 38.0. The van der Waals surface area contributed by atoms with Crippen LogP contribution in [0.15, 0.2) is 47.8 Å². The molecule has 0 spiro atoms. The Morgan fingerprint density at radius 1 is 1.15 bits per heavy atom. The minimum Gasteiger partial charge on any atom is -0.346 e. The normalized spacial score (nSPS) is 11.4. The zero-order valence-corrected chi connectivity index (χ0v) is 15.2. The van der Waals surface area contributed by atoms with E-state index in [4.69, 9.17) is 0 Å². The lowest BCUT2D eigenvalue weighted by Gasteiger charge is -2.05. The van der Waals surface area contributed by atoms with Gasteiger partial charge in [0.1, 0.15) is 10.7 Å². The number of nitrogens with one attached hydrogen (secondary N) is 1. The summed E-state index contributed by atoms with van der Waals surface area (Å²) in [4.78, 5) is 19.4. The van der Waals surface area contributed by atoms with Crippen molar-refractivity contribution in [2.24, 2.45) is 0 Å². The van der Waals surface area contributed by atoms with Gasteiger partial charge >= 0.3 is 6.18 Å². The molecule has 0 aliphatic carbocycles. The van der Waals surface area contributed by atoms with Crippen LogP contribution in [0.25, 0.3) is 0 Å². The van der Waals surface area contributed by atoms with Crippen LogP contribution in [0.3, 0.4) is 0 Å². The molecule has 140 valence electrons. The van der Waals surface area contributed by atoms with Crippen molar-refractivity contribution in [2.45, 2.75) is 23.6 Å². The maximum Gasteiger partial charge on any atom is 0.433 e. The second-order valence-electron chi connectivity index (χ2n) is 5.18. The second-order valence-corrected chi connectivity index (χ2v) is 7.18. The van der Waals surface area contributed by atoms with E-state index in [-0.39, 0.29) is 21.8 Å². The van der Waals surface area contributed by atoms with Crippen molar-refractivity contribution in [3.8, 4) is 0 Å². The first-order valence-electron chi connectivity index (χ1n) is 7.59. The zero-order valence-electron chi connectivity index (χ0n) is 13.6. The first kappa shape index (κ1) is 19.2. The Kier molecular flexibility index (Phi) is 6.01. The summed E-state index contributed by atoms with van der Waals surface area (Å²) in [6, 6.07) is 10.2. The molecule has 2 aromatic heterocycles. The van der Waals surface area contributed by atoms with Crippen LogP contribution in [0.5, 0.6) is 0 Å². The van der Waals surface area contributed by atoms with Gasteiger partial charge in [-0.15, -0.1) is 10.2 Å². The van der Waals surface area contributed by atoms with E-state index in [1.165, 1.54) is 0 Å². The quantitative estimate of drug-likeness (QED) is 0.493. The molecule has 3 aromatic rings. The Labute approximate surface area is 160 Å². The molecule has 0 saturated carbocycles. The molecule has 0 saturated heterocycles. The van der Waals surface area contributed by atoms with E-state index in [2.05, 4.69) is 25.5 Å². The van der Waals surface area contributed by atoms with Crippen LogP contribution in [-0.2, 0) is 18.5 Å². The molecule has 0 bridgehead atoms. The summed E-state index contributed by atoms with van der Waals surface area (Å²) in [6.07, 6.45) is -3.47. The number of nitrogens with zero attached hydrogens (tertiary/aromatic N) is 4. The van der Waals surface area contributed by atoms with E-state index in [0.29, 0.717) is 11.6 Å². The van der Waals surface area contributed by atoms with E-state index in [9.17, 15) is 18.0 Å². The number of benzene rings is 1. The van der Waals surface area contributed by atoms with Crippen LogP contribution in [0.4, 0.5) is 13.2 Å². The molecule has 27 heavy (non-hydrogen) atoms. The predicted octanol–water partition coefficient (Wildman–Crippen LogP) is 3.57. The zero-order chi connectivity index (χ0) is 19.3. The number of carbonyl (C=O) groups excluding carboxylic acids is 1. The lowest BCUT2D eigenvalue weighted by molar-refractivity contribution is -0.141. The van der Waals surface area contributed by atoms with Gasteiger partial charge < -0.3 is 5.32 Å². The first-order valence-corrected chi connectivity index (χ1v) is 9.39. The minimum absolute atomic E-state index is 0.0184. The number of halogens is 3. The first-order chi connectivity index (χ1) is 12.9. The second kappa shape index (κ2) is 8.44. The van der Waals surface area contributed by atoms with E-state index in [1.807, 2.05) is 30.3 Å². The summed E-state index contributed by atoms with van der Waals surface area (Å²) in [5.74, 6) is -0.145. The maximum atomic E-state index is 12.7. The number of alkyl halides is 3. The molecule has 0 aliphatic heterocycles. The number of rotatable bonds is 6. The molecular weight excluding hydrogens is 399 g/mol. The summed E-state index contributed by atoms with van der Waals surface area (Å²) in [7, 11) is 0. The molecular formula is C16H12F3N5OS2. The fourth-order valence-corrected chi connectivity index (χ4v) is 3.52. The van der Waals surface area contributed by atoms with Crippen LogP contribution in [0.2, 0.25) is 0 Å². The Bertz CT molecular complexity index is 918. The van der Waals surface area contributed by atoms with E-state index in [1.54, 1.807) is 0 Å². The monoisotopic (exact) mass is 411 g/mol. The van der Waals surface area contributed by atoms with Crippen molar-refractivity contribution in [2.75, 3.05) is 0 Å². The third-order valence-electron chi connectivity index (χ3n) is 3.21. The van der Waals surface area contributed by atoms with Crippen LogP contribution >= 0.6 is 23.1 Å². The van der Waals surface area contributed by atoms with Crippen molar-refractivity contribution < 1.29 is 18.0 Å². The minimum atomic E-state index is -4.52. The highest BCUT2D eigenvalue weighted by atomic mass is 32.2. The fraction of sp³-hybridized carbons (Fsp3) is 0.188.